The first-order valence-electron chi connectivity index (χ1n) is 5.25. The van der Waals surface area contributed by atoms with Gasteiger partial charge in [-0.1, -0.05) is 11.1 Å². The summed E-state index contributed by atoms with van der Waals surface area (Å²) in [5.41, 5.74) is 0.525. The number of hydrogen-bond acceptors (Lipinski definition) is 4. The largest absolute Gasteiger partial charge is 0.497 e. The molecule has 1 rings (SSSR count). The van der Waals surface area contributed by atoms with E-state index in [-0.39, 0.29) is 0 Å². The molecule has 0 aromatic heterocycles. The number of nitro groups is 1. The minimum atomic E-state index is -0.436. The molecule has 0 unspecified atom stereocenters. The summed E-state index contributed by atoms with van der Waals surface area (Å²) >= 11 is 0. The highest BCUT2D eigenvalue weighted by Crippen LogP contribution is 2.20. The van der Waals surface area contributed by atoms with Crippen molar-refractivity contribution in [1.82, 2.24) is 5.32 Å². The van der Waals surface area contributed by atoms with Crippen molar-refractivity contribution in [3.63, 3.8) is 0 Å². The van der Waals surface area contributed by atoms with Gasteiger partial charge in [0.1, 0.15) is 11.4 Å². The predicted octanol–water partition coefficient (Wildman–Crippen LogP) is 1.55. The van der Waals surface area contributed by atoms with Gasteiger partial charge in [-0.3, -0.25) is 0 Å². The highest BCUT2D eigenvalue weighted by atomic mass is 16.7. The zero-order chi connectivity index (χ0) is 13.3. The highest BCUT2D eigenvalue weighted by Gasteiger charge is 2.14. The van der Waals surface area contributed by atoms with Gasteiger partial charge in [-0.2, -0.15) is 0 Å². The van der Waals surface area contributed by atoms with Crippen molar-refractivity contribution in [1.29, 1.82) is 0 Å². The quantitative estimate of drug-likeness (QED) is 0.640. The summed E-state index contributed by atoms with van der Waals surface area (Å²) in [6.07, 6.45) is 0. The van der Waals surface area contributed by atoms with Crippen molar-refractivity contribution in [2.24, 2.45) is 0 Å². The number of nitrogens with one attached hydrogen (secondary N) is 1. The van der Waals surface area contributed by atoms with Crippen LogP contribution in [0.2, 0.25) is 0 Å². The Kier molecular flexibility index (Phi) is 7.45. The minimum absolute atomic E-state index is 0.320. The molecule has 0 radical (unpaired) electrons. The van der Waals surface area contributed by atoms with E-state index in [0.29, 0.717) is 18.0 Å². The molecule has 0 amide bonds. The number of nitrogens with zero attached hydrogens (tertiary/aromatic N) is 2. The third-order valence-corrected chi connectivity index (χ3v) is 1.85. The lowest BCUT2D eigenvalue weighted by atomic mass is 10.3. The molecule has 17 heavy (non-hydrogen) atoms. The van der Waals surface area contributed by atoms with Crippen LogP contribution < -0.4 is 15.1 Å². The molecule has 0 aliphatic heterocycles. The Morgan fingerprint density at radius 1 is 1.47 bits per heavy atom. The average molecular weight is 241 g/mol. The fourth-order valence-electron chi connectivity index (χ4n) is 1.16. The molecule has 0 saturated heterocycles. The molecule has 1 N–H and O–H groups in total. The molecule has 0 heterocycles. The van der Waals surface area contributed by atoms with Crippen LogP contribution >= 0.6 is 0 Å². The van der Waals surface area contributed by atoms with Crippen molar-refractivity contribution >= 4 is 5.69 Å². The molecule has 1 aromatic rings. The fourth-order valence-corrected chi connectivity index (χ4v) is 1.16. The van der Waals surface area contributed by atoms with Crippen LogP contribution in [0.5, 0.6) is 5.75 Å². The smallest absolute Gasteiger partial charge is 0.165 e. The maximum Gasteiger partial charge on any atom is 0.165 e. The third kappa shape index (κ3) is 5.17. The van der Waals surface area contributed by atoms with Crippen molar-refractivity contribution in [2.75, 3.05) is 32.8 Å². The first-order chi connectivity index (χ1) is 8.10. The summed E-state index contributed by atoms with van der Waals surface area (Å²) in [5, 5.41) is 14.0. The number of benzene rings is 1. The Balaban J connectivity index is 0.000000770. The monoisotopic (exact) mass is 241 g/mol. The SMILES string of the molecule is CCN(c1cccc(OC)c1)[N+](=O)[O-].CNC. The second kappa shape index (κ2) is 8.35. The van der Waals surface area contributed by atoms with Gasteiger partial charge < -0.3 is 10.1 Å². The van der Waals surface area contributed by atoms with Crippen LogP contribution in [0.1, 0.15) is 6.92 Å². The molecule has 96 valence electrons. The molecule has 0 aliphatic carbocycles. The zero-order valence-corrected chi connectivity index (χ0v) is 10.6. The molecule has 0 spiro atoms. The predicted molar refractivity (Wildman–Crippen MR) is 68.0 cm³/mol. The van der Waals surface area contributed by atoms with E-state index >= 15 is 0 Å². The maximum absolute atomic E-state index is 10.6. The summed E-state index contributed by atoms with van der Waals surface area (Å²) in [6.45, 7) is 2.04. The van der Waals surface area contributed by atoms with Crippen LogP contribution in [0.25, 0.3) is 0 Å². The second-order valence-electron chi connectivity index (χ2n) is 3.16. The Hall–Kier alpha value is -1.82. The van der Waals surface area contributed by atoms with E-state index in [1.165, 1.54) is 7.11 Å². The first-order valence-corrected chi connectivity index (χ1v) is 5.25. The van der Waals surface area contributed by atoms with Gasteiger partial charge in [0.05, 0.1) is 13.7 Å². The lowest BCUT2D eigenvalue weighted by molar-refractivity contribution is -0.494. The third-order valence-electron chi connectivity index (χ3n) is 1.85. The maximum atomic E-state index is 10.6. The van der Waals surface area contributed by atoms with Crippen LogP contribution in [-0.4, -0.2) is 32.8 Å². The van der Waals surface area contributed by atoms with E-state index in [4.69, 9.17) is 4.74 Å². The van der Waals surface area contributed by atoms with Crippen LogP contribution in [0.3, 0.4) is 0 Å². The van der Waals surface area contributed by atoms with Gasteiger partial charge in [0.2, 0.25) is 0 Å². The highest BCUT2D eigenvalue weighted by molar-refractivity contribution is 5.48. The summed E-state index contributed by atoms with van der Waals surface area (Å²) in [4.78, 5) is 10.6. The normalized spacial score (nSPS) is 8.94. The van der Waals surface area contributed by atoms with Gasteiger partial charge in [0.25, 0.3) is 0 Å². The van der Waals surface area contributed by atoms with E-state index in [2.05, 4.69) is 5.32 Å². The van der Waals surface area contributed by atoms with Gasteiger partial charge in [-0.15, -0.1) is 0 Å². The molecule has 6 nitrogen and oxygen atoms in total. The standard InChI is InChI=1S/C9H12N2O3.C2H7N/c1-3-10(11(12)13)8-5-4-6-9(7-8)14-2;1-3-2/h4-7H,3H2,1-2H3;3H,1-2H3. The second-order valence-corrected chi connectivity index (χ2v) is 3.16. The number of hydrazine groups is 1. The van der Waals surface area contributed by atoms with Gasteiger partial charge in [-0.05, 0) is 33.2 Å². The molecule has 0 atom stereocenters. The van der Waals surface area contributed by atoms with E-state index in [0.717, 1.165) is 5.01 Å². The molecular weight excluding hydrogens is 222 g/mol. The number of ether oxygens (including phenoxy) is 1. The van der Waals surface area contributed by atoms with Crippen molar-refractivity contribution in [3.05, 3.63) is 34.4 Å². The van der Waals surface area contributed by atoms with Gasteiger partial charge in [0, 0.05) is 6.07 Å². The van der Waals surface area contributed by atoms with Gasteiger partial charge >= 0.3 is 0 Å². The lowest BCUT2D eigenvalue weighted by Gasteiger charge is -2.12. The molecular formula is C11H19N3O3. The summed E-state index contributed by atoms with van der Waals surface area (Å²) < 4.78 is 4.98. The Morgan fingerprint density at radius 3 is 2.47 bits per heavy atom. The topological polar surface area (TPSA) is 67.6 Å². The summed E-state index contributed by atoms with van der Waals surface area (Å²) in [6, 6.07) is 6.78. The van der Waals surface area contributed by atoms with E-state index in [1.54, 1.807) is 31.2 Å². The zero-order valence-electron chi connectivity index (χ0n) is 10.6. The molecule has 0 fully saturated rings. The van der Waals surface area contributed by atoms with E-state index in [1.807, 2.05) is 14.1 Å². The minimum Gasteiger partial charge on any atom is -0.497 e. The Labute approximate surface area is 101 Å². The molecule has 6 heteroatoms. The molecule has 0 bridgehead atoms. The molecule has 0 saturated carbocycles. The first kappa shape index (κ1) is 15.2. The summed E-state index contributed by atoms with van der Waals surface area (Å²) in [5.74, 6) is 0.614. The van der Waals surface area contributed by atoms with Crippen molar-refractivity contribution < 1.29 is 9.77 Å². The number of hydrogen-bond donors (Lipinski definition) is 1. The van der Waals surface area contributed by atoms with Crippen molar-refractivity contribution in [3.8, 4) is 5.75 Å². The van der Waals surface area contributed by atoms with Crippen LogP contribution in [-0.2, 0) is 0 Å². The summed E-state index contributed by atoms with van der Waals surface area (Å²) in [7, 11) is 5.28. The van der Waals surface area contributed by atoms with Crippen LogP contribution in [0.15, 0.2) is 24.3 Å². The van der Waals surface area contributed by atoms with Gasteiger partial charge in [0.15, 0.2) is 5.03 Å². The van der Waals surface area contributed by atoms with Gasteiger partial charge in [-0.25, -0.2) is 10.1 Å². The number of anilines is 1. The van der Waals surface area contributed by atoms with Crippen LogP contribution in [0.4, 0.5) is 5.69 Å². The fraction of sp³-hybridized carbons (Fsp3) is 0.455. The number of methoxy groups -OCH3 is 1. The lowest BCUT2D eigenvalue weighted by Crippen LogP contribution is -2.29. The molecule has 1 aromatic carbocycles. The Morgan fingerprint density at radius 2 is 2.06 bits per heavy atom. The van der Waals surface area contributed by atoms with Crippen LogP contribution in [0, 0.1) is 10.1 Å². The van der Waals surface area contributed by atoms with E-state index < -0.39 is 5.03 Å². The average Bonchev–Trinajstić information content (AvgIpc) is 2.31. The van der Waals surface area contributed by atoms with E-state index in [9.17, 15) is 10.1 Å². The Bertz CT molecular complexity index is 344. The number of rotatable bonds is 4. The van der Waals surface area contributed by atoms with Crippen molar-refractivity contribution in [2.45, 2.75) is 6.92 Å². The molecule has 0 aliphatic rings.